The highest BCUT2D eigenvalue weighted by Crippen LogP contribution is 2.17. The van der Waals surface area contributed by atoms with Gasteiger partial charge in [0.25, 0.3) is 5.56 Å². The van der Waals surface area contributed by atoms with Crippen LogP contribution in [0.25, 0.3) is 10.8 Å². The summed E-state index contributed by atoms with van der Waals surface area (Å²) in [5.74, 6) is -0.548. The fraction of sp³-hybridized carbons (Fsp3) is 0.211. The standard InChI is InChI=1S/C19H17BrN2O3/c1-12(2)22-18(23)16-6-4-3-5-15(16)17(21-22)19(24)25-11-13-7-9-14(20)10-8-13/h3-10,12H,11H2,1-2H3. The Bertz CT molecular complexity index is 978. The monoisotopic (exact) mass is 400 g/mol. The zero-order valence-corrected chi connectivity index (χ0v) is 15.5. The molecule has 1 aromatic heterocycles. The average molecular weight is 401 g/mol. The third-order valence-electron chi connectivity index (χ3n) is 3.79. The molecule has 3 aromatic rings. The predicted octanol–water partition coefficient (Wildman–Crippen LogP) is 4.10. The lowest BCUT2D eigenvalue weighted by molar-refractivity contribution is 0.0465. The van der Waals surface area contributed by atoms with E-state index in [0.29, 0.717) is 10.8 Å². The Hall–Kier alpha value is -2.47. The average Bonchev–Trinajstić information content (AvgIpc) is 2.61. The van der Waals surface area contributed by atoms with Crippen molar-refractivity contribution in [2.45, 2.75) is 26.5 Å². The summed E-state index contributed by atoms with van der Waals surface area (Å²) in [6, 6.07) is 14.3. The number of fused-ring (bicyclic) bond motifs is 1. The van der Waals surface area contributed by atoms with E-state index in [0.717, 1.165) is 10.0 Å². The number of esters is 1. The molecule has 0 atom stereocenters. The minimum absolute atomic E-state index is 0.142. The minimum Gasteiger partial charge on any atom is -0.456 e. The van der Waals surface area contributed by atoms with Crippen LogP contribution in [0, 0.1) is 0 Å². The second-order valence-electron chi connectivity index (χ2n) is 5.94. The number of aromatic nitrogens is 2. The fourth-order valence-electron chi connectivity index (χ4n) is 2.51. The molecule has 6 heteroatoms. The zero-order valence-electron chi connectivity index (χ0n) is 13.9. The van der Waals surface area contributed by atoms with Gasteiger partial charge in [0.15, 0.2) is 5.69 Å². The van der Waals surface area contributed by atoms with Crippen molar-refractivity contribution < 1.29 is 9.53 Å². The van der Waals surface area contributed by atoms with Crippen molar-refractivity contribution in [2.24, 2.45) is 0 Å². The highest BCUT2D eigenvalue weighted by atomic mass is 79.9. The molecule has 0 bridgehead atoms. The van der Waals surface area contributed by atoms with Crippen LogP contribution in [0.2, 0.25) is 0 Å². The van der Waals surface area contributed by atoms with Crippen LogP contribution < -0.4 is 5.56 Å². The second kappa shape index (κ2) is 7.19. The van der Waals surface area contributed by atoms with E-state index in [2.05, 4.69) is 21.0 Å². The highest BCUT2D eigenvalue weighted by molar-refractivity contribution is 9.10. The van der Waals surface area contributed by atoms with Gasteiger partial charge in [-0.3, -0.25) is 4.79 Å². The van der Waals surface area contributed by atoms with E-state index < -0.39 is 5.97 Å². The first-order valence-corrected chi connectivity index (χ1v) is 8.70. The van der Waals surface area contributed by atoms with Crippen molar-refractivity contribution in [1.29, 1.82) is 0 Å². The molecule has 0 N–H and O–H groups in total. The minimum atomic E-state index is -0.548. The molecule has 1 heterocycles. The Balaban J connectivity index is 1.96. The molecule has 3 rings (SSSR count). The number of carbonyl (C=O) groups excluding carboxylic acids is 1. The van der Waals surface area contributed by atoms with E-state index in [1.165, 1.54) is 4.68 Å². The van der Waals surface area contributed by atoms with Gasteiger partial charge in [-0.1, -0.05) is 46.3 Å². The zero-order chi connectivity index (χ0) is 18.0. The van der Waals surface area contributed by atoms with Gasteiger partial charge in [-0.2, -0.15) is 5.10 Å². The lowest BCUT2D eigenvalue weighted by Gasteiger charge is -2.13. The summed E-state index contributed by atoms with van der Waals surface area (Å²) >= 11 is 3.37. The van der Waals surface area contributed by atoms with Crippen LogP contribution in [0.1, 0.15) is 35.9 Å². The van der Waals surface area contributed by atoms with Crippen molar-refractivity contribution in [3.8, 4) is 0 Å². The maximum atomic E-state index is 12.6. The molecule has 0 saturated carbocycles. The normalized spacial score (nSPS) is 11.0. The molecule has 5 nitrogen and oxygen atoms in total. The Morgan fingerprint density at radius 1 is 1.12 bits per heavy atom. The third kappa shape index (κ3) is 3.64. The molecule has 0 aliphatic rings. The molecular formula is C19H17BrN2O3. The van der Waals surface area contributed by atoms with Crippen LogP contribution in [0.3, 0.4) is 0 Å². The van der Waals surface area contributed by atoms with Crippen LogP contribution in [0.5, 0.6) is 0 Å². The van der Waals surface area contributed by atoms with E-state index >= 15 is 0 Å². The van der Waals surface area contributed by atoms with E-state index in [1.807, 2.05) is 38.1 Å². The number of ether oxygens (including phenoxy) is 1. The van der Waals surface area contributed by atoms with Crippen LogP contribution in [0.15, 0.2) is 57.8 Å². The number of hydrogen-bond acceptors (Lipinski definition) is 4. The quantitative estimate of drug-likeness (QED) is 0.618. The molecule has 128 valence electrons. The molecule has 0 spiro atoms. The number of halogens is 1. The van der Waals surface area contributed by atoms with E-state index in [-0.39, 0.29) is 23.9 Å². The van der Waals surface area contributed by atoms with E-state index in [9.17, 15) is 9.59 Å². The summed E-state index contributed by atoms with van der Waals surface area (Å²) in [7, 11) is 0. The van der Waals surface area contributed by atoms with E-state index in [1.54, 1.807) is 24.3 Å². The summed E-state index contributed by atoms with van der Waals surface area (Å²) in [5, 5.41) is 5.21. The molecule has 25 heavy (non-hydrogen) atoms. The van der Waals surface area contributed by atoms with Gasteiger partial charge < -0.3 is 4.74 Å². The maximum Gasteiger partial charge on any atom is 0.359 e. The van der Waals surface area contributed by atoms with Crippen LogP contribution in [0.4, 0.5) is 0 Å². The summed E-state index contributed by atoms with van der Waals surface area (Å²) in [4.78, 5) is 25.1. The van der Waals surface area contributed by atoms with E-state index in [4.69, 9.17) is 4.74 Å². The number of nitrogens with zero attached hydrogens (tertiary/aromatic N) is 2. The number of rotatable bonds is 4. The molecule has 0 radical (unpaired) electrons. The van der Waals surface area contributed by atoms with Gasteiger partial charge in [-0.15, -0.1) is 0 Å². The molecule has 0 amide bonds. The smallest absolute Gasteiger partial charge is 0.359 e. The molecule has 0 unspecified atom stereocenters. The van der Waals surface area contributed by atoms with Crippen LogP contribution >= 0.6 is 15.9 Å². The van der Waals surface area contributed by atoms with Crippen LogP contribution in [-0.2, 0) is 11.3 Å². The fourth-order valence-corrected chi connectivity index (χ4v) is 2.77. The first-order valence-electron chi connectivity index (χ1n) is 7.90. The summed E-state index contributed by atoms with van der Waals surface area (Å²) in [6.07, 6.45) is 0. The van der Waals surface area contributed by atoms with Gasteiger partial charge in [-0.05, 0) is 37.6 Å². The maximum absolute atomic E-state index is 12.6. The second-order valence-corrected chi connectivity index (χ2v) is 6.86. The predicted molar refractivity (Wildman–Crippen MR) is 99.6 cm³/mol. The Kier molecular flexibility index (Phi) is 4.99. The summed E-state index contributed by atoms with van der Waals surface area (Å²) in [6.45, 7) is 3.84. The first kappa shape index (κ1) is 17.4. The number of hydrogen-bond donors (Lipinski definition) is 0. The largest absolute Gasteiger partial charge is 0.456 e. The Morgan fingerprint density at radius 2 is 1.76 bits per heavy atom. The van der Waals surface area contributed by atoms with Gasteiger partial charge >= 0.3 is 5.97 Å². The molecular weight excluding hydrogens is 384 g/mol. The van der Waals surface area contributed by atoms with Gasteiger partial charge in [0.1, 0.15) is 6.61 Å². The molecule has 0 aliphatic carbocycles. The number of benzene rings is 2. The lowest BCUT2D eigenvalue weighted by Crippen LogP contribution is -2.27. The van der Waals surface area contributed by atoms with Gasteiger partial charge in [-0.25, -0.2) is 9.48 Å². The van der Waals surface area contributed by atoms with Gasteiger partial charge in [0, 0.05) is 9.86 Å². The molecule has 2 aromatic carbocycles. The van der Waals surface area contributed by atoms with Crippen molar-refractivity contribution >= 4 is 32.7 Å². The van der Waals surface area contributed by atoms with Gasteiger partial charge in [0.05, 0.1) is 11.4 Å². The summed E-state index contributed by atoms with van der Waals surface area (Å²) in [5.41, 5.74) is 0.814. The molecule has 0 saturated heterocycles. The van der Waals surface area contributed by atoms with Gasteiger partial charge in [0.2, 0.25) is 0 Å². The van der Waals surface area contributed by atoms with Crippen molar-refractivity contribution in [3.63, 3.8) is 0 Å². The Morgan fingerprint density at radius 3 is 2.40 bits per heavy atom. The van der Waals surface area contributed by atoms with Crippen molar-refractivity contribution in [2.75, 3.05) is 0 Å². The van der Waals surface area contributed by atoms with Crippen molar-refractivity contribution in [1.82, 2.24) is 9.78 Å². The lowest BCUT2D eigenvalue weighted by atomic mass is 10.1. The highest BCUT2D eigenvalue weighted by Gasteiger charge is 2.19. The molecule has 0 fully saturated rings. The summed E-state index contributed by atoms with van der Waals surface area (Å²) < 4.78 is 7.68. The third-order valence-corrected chi connectivity index (χ3v) is 4.32. The van der Waals surface area contributed by atoms with Crippen molar-refractivity contribution in [3.05, 3.63) is 74.6 Å². The topological polar surface area (TPSA) is 61.2 Å². The number of carbonyl (C=O) groups is 1. The first-order chi connectivity index (χ1) is 12.0. The Labute approximate surface area is 153 Å². The van der Waals surface area contributed by atoms with Crippen LogP contribution in [-0.4, -0.2) is 15.7 Å². The SMILES string of the molecule is CC(C)n1nc(C(=O)OCc2ccc(Br)cc2)c2ccccc2c1=O. The molecule has 0 aliphatic heterocycles.